The predicted molar refractivity (Wildman–Crippen MR) is 65.2 cm³/mol. The Balaban J connectivity index is 2.52. The van der Waals surface area contributed by atoms with Crippen LogP contribution >= 0.6 is 0 Å². The molecule has 0 spiro atoms. The summed E-state index contributed by atoms with van der Waals surface area (Å²) in [4.78, 5) is 10.8. The van der Waals surface area contributed by atoms with E-state index in [0.717, 1.165) is 25.7 Å². The summed E-state index contributed by atoms with van der Waals surface area (Å²) < 4.78 is 25.9. The van der Waals surface area contributed by atoms with Gasteiger partial charge in [-0.3, -0.25) is 4.79 Å². The molecule has 2 N–H and O–H groups in total. The van der Waals surface area contributed by atoms with E-state index >= 15 is 0 Å². The summed E-state index contributed by atoms with van der Waals surface area (Å²) in [7, 11) is -3.47. The molecule has 0 heterocycles. The third-order valence-electron chi connectivity index (χ3n) is 3.21. The average Bonchev–Trinajstić information content (AvgIpc) is 2.26. The first-order valence-corrected chi connectivity index (χ1v) is 7.82. The smallest absolute Gasteiger partial charge is 0.321 e. The fourth-order valence-corrected chi connectivity index (χ4v) is 3.99. The SMILES string of the molecule is CC[C@H](NS(=O)(=O)CC1CCCCC1)C(=O)O. The Morgan fingerprint density at radius 1 is 1.35 bits per heavy atom. The fourth-order valence-electron chi connectivity index (χ4n) is 2.24. The van der Waals surface area contributed by atoms with Gasteiger partial charge in [-0.25, -0.2) is 13.1 Å². The molecule has 1 fully saturated rings. The molecular weight excluding hydrogens is 242 g/mol. The van der Waals surface area contributed by atoms with Crippen LogP contribution in [0.4, 0.5) is 0 Å². The van der Waals surface area contributed by atoms with Crippen LogP contribution in [-0.4, -0.2) is 31.3 Å². The van der Waals surface area contributed by atoms with Crippen molar-refractivity contribution in [3.05, 3.63) is 0 Å². The molecule has 100 valence electrons. The molecule has 6 heteroatoms. The van der Waals surface area contributed by atoms with E-state index in [9.17, 15) is 13.2 Å². The molecule has 1 atom stereocenters. The molecule has 0 aliphatic heterocycles. The number of carboxylic acids is 1. The maximum atomic E-state index is 11.8. The lowest BCUT2D eigenvalue weighted by Crippen LogP contribution is -2.42. The number of aliphatic carboxylic acids is 1. The summed E-state index contributed by atoms with van der Waals surface area (Å²) in [6.45, 7) is 1.65. The third kappa shape index (κ3) is 5.04. The second-order valence-corrected chi connectivity index (χ2v) is 6.50. The number of carbonyl (C=O) groups is 1. The molecule has 0 unspecified atom stereocenters. The van der Waals surface area contributed by atoms with Crippen molar-refractivity contribution in [1.82, 2.24) is 4.72 Å². The normalized spacial score (nSPS) is 20.1. The van der Waals surface area contributed by atoms with Gasteiger partial charge < -0.3 is 5.11 Å². The monoisotopic (exact) mass is 263 g/mol. The molecule has 0 bridgehead atoms. The van der Waals surface area contributed by atoms with E-state index in [4.69, 9.17) is 5.11 Å². The molecule has 0 radical (unpaired) electrons. The third-order valence-corrected chi connectivity index (χ3v) is 4.76. The van der Waals surface area contributed by atoms with Crippen molar-refractivity contribution >= 4 is 16.0 Å². The van der Waals surface area contributed by atoms with Crippen LogP contribution in [0, 0.1) is 5.92 Å². The van der Waals surface area contributed by atoms with Crippen molar-refractivity contribution in [1.29, 1.82) is 0 Å². The number of hydrogen-bond acceptors (Lipinski definition) is 3. The molecule has 1 aliphatic carbocycles. The topological polar surface area (TPSA) is 83.5 Å². The first-order chi connectivity index (χ1) is 7.94. The van der Waals surface area contributed by atoms with E-state index in [-0.39, 0.29) is 18.1 Å². The standard InChI is InChI=1S/C11H21NO4S/c1-2-10(11(13)14)12-17(15,16)8-9-6-4-3-5-7-9/h9-10,12H,2-8H2,1H3,(H,13,14)/t10-/m0/s1. The summed E-state index contributed by atoms with van der Waals surface area (Å²) in [6, 6.07) is -0.997. The van der Waals surface area contributed by atoms with Crippen molar-refractivity contribution in [2.24, 2.45) is 5.92 Å². The Morgan fingerprint density at radius 3 is 2.41 bits per heavy atom. The van der Waals surface area contributed by atoms with Gasteiger partial charge in [0.15, 0.2) is 0 Å². The van der Waals surface area contributed by atoms with E-state index < -0.39 is 22.0 Å². The Morgan fingerprint density at radius 2 is 1.94 bits per heavy atom. The van der Waals surface area contributed by atoms with Crippen LogP contribution in [0.3, 0.4) is 0 Å². The van der Waals surface area contributed by atoms with Crippen LogP contribution in [-0.2, 0) is 14.8 Å². The molecule has 0 amide bonds. The highest BCUT2D eigenvalue weighted by molar-refractivity contribution is 7.89. The molecule has 1 saturated carbocycles. The van der Waals surface area contributed by atoms with Crippen molar-refractivity contribution in [2.75, 3.05) is 5.75 Å². The average molecular weight is 263 g/mol. The van der Waals surface area contributed by atoms with Gasteiger partial charge in [-0.2, -0.15) is 0 Å². The van der Waals surface area contributed by atoms with E-state index in [2.05, 4.69) is 4.72 Å². The van der Waals surface area contributed by atoms with Gasteiger partial charge in [0, 0.05) is 0 Å². The van der Waals surface area contributed by atoms with Crippen LogP contribution < -0.4 is 4.72 Å². The number of nitrogens with one attached hydrogen (secondary N) is 1. The minimum Gasteiger partial charge on any atom is -0.480 e. The summed E-state index contributed by atoms with van der Waals surface area (Å²) in [5.74, 6) is -0.858. The van der Waals surface area contributed by atoms with E-state index in [1.165, 1.54) is 6.42 Å². The minimum absolute atomic E-state index is 0.0663. The second-order valence-electron chi connectivity index (χ2n) is 4.70. The minimum atomic E-state index is -3.47. The number of hydrogen-bond donors (Lipinski definition) is 2. The molecule has 17 heavy (non-hydrogen) atoms. The van der Waals surface area contributed by atoms with E-state index in [1.54, 1.807) is 6.92 Å². The maximum absolute atomic E-state index is 11.8. The lowest BCUT2D eigenvalue weighted by Gasteiger charge is -2.22. The lowest BCUT2D eigenvalue weighted by atomic mass is 9.91. The van der Waals surface area contributed by atoms with Gasteiger partial charge in [0.05, 0.1) is 5.75 Å². The molecule has 1 aliphatic rings. The van der Waals surface area contributed by atoms with Gasteiger partial charge in [0.1, 0.15) is 6.04 Å². The van der Waals surface area contributed by atoms with Crippen LogP contribution in [0.2, 0.25) is 0 Å². The molecule has 0 aromatic heterocycles. The van der Waals surface area contributed by atoms with Crippen LogP contribution in [0.15, 0.2) is 0 Å². The summed E-state index contributed by atoms with van der Waals surface area (Å²) in [6.07, 6.45) is 5.47. The Hall–Kier alpha value is -0.620. The number of carboxylic acid groups (broad SMARTS) is 1. The predicted octanol–water partition coefficient (Wildman–Crippen LogP) is 1.35. The summed E-state index contributed by atoms with van der Waals surface area (Å²) in [5, 5.41) is 8.82. The van der Waals surface area contributed by atoms with Crippen molar-refractivity contribution < 1.29 is 18.3 Å². The largest absolute Gasteiger partial charge is 0.480 e. The van der Waals surface area contributed by atoms with Gasteiger partial charge in [-0.15, -0.1) is 0 Å². The molecule has 1 rings (SSSR count). The number of rotatable bonds is 6. The van der Waals surface area contributed by atoms with Gasteiger partial charge in [-0.1, -0.05) is 26.2 Å². The highest BCUT2D eigenvalue weighted by atomic mass is 32.2. The van der Waals surface area contributed by atoms with Crippen LogP contribution in [0.1, 0.15) is 45.4 Å². The molecule has 0 aromatic rings. The van der Waals surface area contributed by atoms with Crippen molar-refractivity contribution in [3.8, 4) is 0 Å². The zero-order valence-corrected chi connectivity index (χ0v) is 11.0. The first-order valence-electron chi connectivity index (χ1n) is 6.17. The van der Waals surface area contributed by atoms with Crippen molar-refractivity contribution in [3.63, 3.8) is 0 Å². The molecule has 5 nitrogen and oxygen atoms in total. The van der Waals surface area contributed by atoms with Gasteiger partial charge in [0.25, 0.3) is 0 Å². The summed E-state index contributed by atoms with van der Waals surface area (Å²) in [5.41, 5.74) is 0. The zero-order chi connectivity index (χ0) is 12.9. The van der Waals surface area contributed by atoms with Gasteiger partial charge in [-0.05, 0) is 25.2 Å². The summed E-state index contributed by atoms with van der Waals surface area (Å²) >= 11 is 0. The van der Waals surface area contributed by atoms with E-state index in [0.29, 0.717) is 0 Å². The first kappa shape index (κ1) is 14.4. The van der Waals surface area contributed by atoms with E-state index in [1.807, 2.05) is 0 Å². The lowest BCUT2D eigenvalue weighted by molar-refractivity contribution is -0.139. The van der Waals surface area contributed by atoms with Gasteiger partial charge in [0.2, 0.25) is 10.0 Å². The van der Waals surface area contributed by atoms with Crippen LogP contribution in [0.5, 0.6) is 0 Å². The highest BCUT2D eigenvalue weighted by Gasteiger charge is 2.26. The van der Waals surface area contributed by atoms with Crippen LogP contribution in [0.25, 0.3) is 0 Å². The quantitative estimate of drug-likeness (QED) is 0.757. The Bertz CT molecular complexity index is 346. The highest BCUT2D eigenvalue weighted by Crippen LogP contribution is 2.24. The second kappa shape index (κ2) is 6.35. The molecule has 0 saturated heterocycles. The zero-order valence-electron chi connectivity index (χ0n) is 10.2. The maximum Gasteiger partial charge on any atom is 0.321 e. The van der Waals surface area contributed by atoms with Gasteiger partial charge >= 0.3 is 5.97 Å². The van der Waals surface area contributed by atoms with Crippen molar-refractivity contribution in [2.45, 2.75) is 51.5 Å². The Labute approximate surface area is 103 Å². The number of sulfonamides is 1. The Kier molecular flexibility index (Phi) is 5.39. The molecule has 0 aromatic carbocycles. The molecular formula is C11H21NO4S. The fraction of sp³-hybridized carbons (Fsp3) is 0.909.